The van der Waals surface area contributed by atoms with Crippen LogP contribution >= 0.6 is 34.8 Å². The number of carbonyl (C=O) groups excluding carboxylic acids is 1. The molecule has 2 aromatic carbocycles. The fraction of sp³-hybridized carbons (Fsp3) is 0.235. The predicted octanol–water partition coefficient (Wildman–Crippen LogP) is 4.24. The number of amides is 1. The largest absolute Gasteiger partial charge is 0.497 e. The van der Waals surface area contributed by atoms with Crippen molar-refractivity contribution >= 4 is 46.4 Å². The average Bonchev–Trinajstić information content (AvgIpc) is 2.60. The maximum Gasteiger partial charge on any atom is 0.252 e. The maximum absolute atomic E-state index is 12.4. The number of benzene rings is 2. The minimum atomic E-state index is -1.79. The number of hydrogen-bond donors (Lipinski definition) is 2. The number of ether oxygens (including phenoxy) is 2. The van der Waals surface area contributed by atoms with E-state index in [0.717, 1.165) is 0 Å². The van der Waals surface area contributed by atoms with Crippen LogP contribution < -0.4 is 20.1 Å². The van der Waals surface area contributed by atoms with Gasteiger partial charge in [-0.05, 0) is 36.4 Å². The molecule has 0 saturated carbocycles. The van der Waals surface area contributed by atoms with Crippen LogP contribution in [0.5, 0.6) is 11.5 Å². The van der Waals surface area contributed by atoms with Gasteiger partial charge in [0.15, 0.2) is 0 Å². The van der Waals surface area contributed by atoms with Gasteiger partial charge in [0, 0.05) is 5.56 Å². The van der Waals surface area contributed by atoms with Gasteiger partial charge in [0.05, 0.1) is 19.9 Å². The molecule has 0 fully saturated rings. The number of alkyl halides is 3. The van der Waals surface area contributed by atoms with E-state index >= 15 is 0 Å². The molecule has 1 amide bonds. The molecule has 0 radical (unpaired) electrons. The van der Waals surface area contributed by atoms with Gasteiger partial charge in [0.1, 0.15) is 17.7 Å². The lowest BCUT2D eigenvalue weighted by molar-refractivity contribution is 0.0941. The molecule has 0 saturated heterocycles. The molecule has 0 aliphatic heterocycles. The van der Waals surface area contributed by atoms with Crippen LogP contribution in [0.25, 0.3) is 0 Å². The van der Waals surface area contributed by atoms with Crippen molar-refractivity contribution in [3.8, 4) is 11.5 Å². The molecule has 0 unspecified atom stereocenters. The second-order valence-electron chi connectivity index (χ2n) is 5.02. The predicted molar refractivity (Wildman–Crippen MR) is 101 cm³/mol. The summed E-state index contributed by atoms with van der Waals surface area (Å²) in [7, 11) is 3.08. The standard InChI is InChI=1S/C17H17Cl3N2O3/c1-24-12-9-7-11(8-10-12)15(23)22-16(17(18,19)20)21-13-5-3-4-6-14(13)25-2/h3-10,16,21H,1-2H3,(H,22,23)/t16-/m0/s1. The van der Waals surface area contributed by atoms with Crippen LogP contribution in [-0.4, -0.2) is 30.1 Å². The minimum absolute atomic E-state index is 0.402. The number of anilines is 1. The molecule has 0 aromatic heterocycles. The first-order valence-corrected chi connectivity index (χ1v) is 8.39. The van der Waals surface area contributed by atoms with Gasteiger partial charge in [0.2, 0.25) is 3.79 Å². The molecule has 2 aromatic rings. The lowest BCUT2D eigenvalue weighted by Crippen LogP contribution is -2.49. The molecular formula is C17H17Cl3N2O3. The summed E-state index contributed by atoms with van der Waals surface area (Å²) in [5.74, 6) is 0.795. The Kier molecular flexibility index (Phi) is 6.64. The van der Waals surface area contributed by atoms with Crippen LogP contribution in [0.4, 0.5) is 5.69 Å². The van der Waals surface area contributed by atoms with E-state index in [0.29, 0.717) is 22.7 Å². The molecule has 2 N–H and O–H groups in total. The maximum atomic E-state index is 12.4. The number of methoxy groups -OCH3 is 2. The number of halogens is 3. The van der Waals surface area contributed by atoms with Gasteiger partial charge in [-0.3, -0.25) is 4.79 Å². The van der Waals surface area contributed by atoms with Gasteiger partial charge < -0.3 is 20.1 Å². The third-order valence-electron chi connectivity index (χ3n) is 3.36. The Morgan fingerprint density at radius 1 is 1.00 bits per heavy atom. The van der Waals surface area contributed by atoms with Gasteiger partial charge in [-0.15, -0.1) is 0 Å². The van der Waals surface area contributed by atoms with Crippen molar-refractivity contribution < 1.29 is 14.3 Å². The highest BCUT2D eigenvalue weighted by Crippen LogP contribution is 2.33. The number of rotatable bonds is 6. The lowest BCUT2D eigenvalue weighted by Gasteiger charge is -2.28. The Hall–Kier alpha value is -1.82. The highest BCUT2D eigenvalue weighted by Gasteiger charge is 2.34. The molecule has 0 spiro atoms. The fourth-order valence-corrected chi connectivity index (χ4v) is 2.40. The van der Waals surface area contributed by atoms with Crippen LogP contribution in [0.1, 0.15) is 10.4 Å². The van der Waals surface area contributed by atoms with E-state index in [1.54, 1.807) is 49.6 Å². The Morgan fingerprint density at radius 2 is 1.64 bits per heavy atom. The first-order chi connectivity index (χ1) is 11.8. The summed E-state index contributed by atoms with van der Waals surface area (Å²) in [5.41, 5.74) is 0.984. The number of hydrogen-bond acceptors (Lipinski definition) is 4. The van der Waals surface area contributed by atoms with E-state index in [2.05, 4.69) is 10.6 Å². The van der Waals surface area contributed by atoms with Crippen molar-refractivity contribution in [3.63, 3.8) is 0 Å². The quantitative estimate of drug-likeness (QED) is 0.559. The van der Waals surface area contributed by atoms with Gasteiger partial charge >= 0.3 is 0 Å². The fourth-order valence-electron chi connectivity index (χ4n) is 2.08. The third kappa shape index (κ3) is 5.33. The number of carbonyl (C=O) groups is 1. The van der Waals surface area contributed by atoms with Crippen LogP contribution in [0.3, 0.4) is 0 Å². The van der Waals surface area contributed by atoms with E-state index in [1.165, 1.54) is 7.11 Å². The monoisotopic (exact) mass is 402 g/mol. The molecule has 134 valence electrons. The Labute approximate surface area is 161 Å². The zero-order valence-electron chi connectivity index (χ0n) is 13.6. The van der Waals surface area contributed by atoms with Gasteiger partial charge in [-0.1, -0.05) is 46.9 Å². The summed E-state index contributed by atoms with van der Waals surface area (Å²) in [5, 5.41) is 5.65. The van der Waals surface area contributed by atoms with E-state index in [1.807, 2.05) is 6.07 Å². The molecule has 8 heteroatoms. The molecule has 0 bridgehead atoms. The second kappa shape index (κ2) is 8.52. The summed E-state index contributed by atoms with van der Waals surface area (Å²) >= 11 is 18.0. The van der Waals surface area contributed by atoms with Crippen LogP contribution in [0, 0.1) is 0 Å². The Bertz CT molecular complexity index is 718. The zero-order chi connectivity index (χ0) is 18.4. The van der Waals surface area contributed by atoms with E-state index in [-0.39, 0.29) is 0 Å². The van der Waals surface area contributed by atoms with Crippen molar-refractivity contribution in [3.05, 3.63) is 54.1 Å². The highest BCUT2D eigenvalue weighted by molar-refractivity contribution is 6.68. The molecule has 1 atom stereocenters. The smallest absolute Gasteiger partial charge is 0.252 e. The molecule has 0 heterocycles. The summed E-state index contributed by atoms with van der Waals surface area (Å²) in [6, 6.07) is 13.7. The normalized spacial score (nSPS) is 12.2. The van der Waals surface area contributed by atoms with Crippen LogP contribution in [0.15, 0.2) is 48.5 Å². The molecule has 5 nitrogen and oxygen atoms in total. The number of para-hydroxylation sites is 2. The topological polar surface area (TPSA) is 59.6 Å². The third-order valence-corrected chi connectivity index (χ3v) is 4.02. The van der Waals surface area contributed by atoms with E-state index in [4.69, 9.17) is 44.3 Å². The number of nitrogens with one attached hydrogen (secondary N) is 2. The summed E-state index contributed by atoms with van der Waals surface area (Å²) in [4.78, 5) is 12.4. The van der Waals surface area contributed by atoms with Gasteiger partial charge in [-0.25, -0.2) is 0 Å². The second-order valence-corrected chi connectivity index (χ2v) is 7.39. The molecule has 0 aliphatic rings. The Balaban J connectivity index is 2.18. The summed E-state index contributed by atoms with van der Waals surface area (Å²) in [6.07, 6.45) is -0.983. The van der Waals surface area contributed by atoms with Gasteiger partial charge in [-0.2, -0.15) is 0 Å². The minimum Gasteiger partial charge on any atom is -0.497 e. The van der Waals surface area contributed by atoms with Crippen LogP contribution in [-0.2, 0) is 0 Å². The first kappa shape index (κ1) is 19.5. The van der Waals surface area contributed by atoms with E-state index < -0.39 is 15.9 Å². The van der Waals surface area contributed by atoms with Gasteiger partial charge in [0.25, 0.3) is 5.91 Å². The molecule has 2 rings (SSSR count). The van der Waals surface area contributed by atoms with Crippen molar-refractivity contribution in [1.29, 1.82) is 0 Å². The molecular weight excluding hydrogens is 387 g/mol. The molecule has 0 aliphatic carbocycles. The highest BCUT2D eigenvalue weighted by atomic mass is 35.6. The average molecular weight is 404 g/mol. The van der Waals surface area contributed by atoms with Crippen molar-refractivity contribution in [1.82, 2.24) is 5.32 Å². The SMILES string of the molecule is COc1ccc(C(=O)N[C@H](Nc2ccccc2OC)C(Cl)(Cl)Cl)cc1. The van der Waals surface area contributed by atoms with Crippen molar-refractivity contribution in [2.24, 2.45) is 0 Å². The lowest BCUT2D eigenvalue weighted by atomic mass is 10.2. The summed E-state index contributed by atoms with van der Waals surface area (Å²) < 4.78 is 8.53. The van der Waals surface area contributed by atoms with Crippen molar-refractivity contribution in [2.75, 3.05) is 19.5 Å². The first-order valence-electron chi connectivity index (χ1n) is 7.26. The zero-order valence-corrected chi connectivity index (χ0v) is 15.8. The molecule has 25 heavy (non-hydrogen) atoms. The van der Waals surface area contributed by atoms with E-state index in [9.17, 15) is 4.79 Å². The van der Waals surface area contributed by atoms with Crippen molar-refractivity contribution in [2.45, 2.75) is 9.96 Å². The summed E-state index contributed by atoms with van der Waals surface area (Å²) in [6.45, 7) is 0. The van der Waals surface area contributed by atoms with Crippen LogP contribution in [0.2, 0.25) is 0 Å². The Morgan fingerprint density at radius 3 is 2.20 bits per heavy atom.